The summed E-state index contributed by atoms with van der Waals surface area (Å²) in [6.07, 6.45) is 1.06. The molecule has 0 spiro atoms. The van der Waals surface area contributed by atoms with Crippen LogP contribution in [0.5, 0.6) is 0 Å². The molecule has 3 N–H and O–H groups in total. The van der Waals surface area contributed by atoms with Gasteiger partial charge < -0.3 is 15.4 Å². The van der Waals surface area contributed by atoms with Crippen molar-refractivity contribution in [3.63, 3.8) is 0 Å². The quantitative estimate of drug-likeness (QED) is 0.793. The molecule has 118 valence electrons. The van der Waals surface area contributed by atoms with Gasteiger partial charge in [0.25, 0.3) is 5.91 Å². The van der Waals surface area contributed by atoms with Crippen molar-refractivity contribution in [2.75, 3.05) is 0 Å². The van der Waals surface area contributed by atoms with E-state index in [1.807, 2.05) is 26.8 Å². The Morgan fingerprint density at radius 1 is 1.27 bits per heavy atom. The summed E-state index contributed by atoms with van der Waals surface area (Å²) in [6.45, 7) is 7.41. The summed E-state index contributed by atoms with van der Waals surface area (Å²) in [6, 6.07) is 5.80. The number of rotatable bonds is 5. The summed E-state index contributed by atoms with van der Waals surface area (Å²) in [5.74, 6) is -1.42. The summed E-state index contributed by atoms with van der Waals surface area (Å²) >= 11 is 0. The van der Waals surface area contributed by atoms with E-state index in [0.717, 1.165) is 22.0 Å². The van der Waals surface area contributed by atoms with Crippen molar-refractivity contribution in [3.05, 3.63) is 35.0 Å². The molecule has 1 amide bonds. The van der Waals surface area contributed by atoms with E-state index in [2.05, 4.69) is 16.4 Å². The van der Waals surface area contributed by atoms with Gasteiger partial charge in [0.15, 0.2) is 0 Å². The molecule has 0 saturated carbocycles. The van der Waals surface area contributed by atoms with E-state index in [1.54, 1.807) is 6.07 Å². The molecule has 5 nitrogen and oxygen atoms in total. The van der Waals surface area contributed by atoms with Crippen LogP contribution < -0.4 is 5.32 Å². The average molecular weight is 302 g/mol. The number of aryl methyl sites for hydroxylation is 2. The van der Waals surface area contributed by atoms with Crippen LogP contribution in [0.4, 0.5) is 0 Å². The highest BCUT2D eigenvalue weighted by Gasteiger charge is 2.34. The van der Waals surface area contributed by atoms with Gasteiger partial charge in [0.2, 0.25) is 0 Å². The fourth-order valence-electron chi connectivity index (χ4n) is 2.76. The molecule has 1 heterocycles. The van der Waals surface area contributed by atoms with Crippen LogP contribution in [-0.4, -0.2) is 27.5 Å². The third-order valence-corrected chi connectivity index (χ3v) is 3.95. The van der Waals surface area contributed by atoms with Gasteiger partial charge in [-0.15, -0.1) is 0 Å². The molecule has 22 heavy (non-hydrogen) atoms. The Bertz CT molecular complexity index is 733. The smallest absolute Gasteiger partial charge is 0.329 e. The monoisotopic (exact) mass is 302 g/mol. The minimum atomic E-state index is -1.26. The van der Waals surface area contributed by atoms with Crippen molar-refractivity contribution in [1.82, 2.24) is 10.3 Å². The Hall–Kier alpha value is -2.30. The molecule has 0 bridgehead atoms. The molecule has 2 aromatic rings. The number of fused-ring (bicyclic) bond motifs is 1. The molecule has 0 fully saturated rings. The van der Waals surface area contributed by atoms with E-state index >= 15 is 0 Å². The standard InChI is InChI=1S/C17H22N2O3/c1-5-6-17(4,16(21)22)19-15(20)14-9-12-11(3)7-10(2)8-13(12)18-14/h7-9,18H,5-6H2,1-4H3,(H,19,20)(H,21,22)/t17-/m0/s1. The van der Waals surface area contributed by atoms with E-state index in [0.29, 0.717) is 18.5 Å². The van der Waals surface area contributed by atoms with Crippen molar-refractivity contribution in [2.45, 2.75) is 46.1 Å². The Kier molecular flexibility index (Phi) is 4.26. The molecule has 1 aromatic carbocycles. The molecule has 1 aromatic heterocycles. The molecule has 0 aliphatic carbocycles. The number of aromatic amines is 1. The van der Waals surface area contributed by atoms with Crippen LogP contribution in [-0.2, 0) is 4.79 Å². The van der Waals surface area contributed by atoms with E-state index < -0.39 is 17.4 Å². The van der Waals surface area contributed by atoms with Gasteiger partial charge in [0.1, 0.15) is 11.2 Å². The third kappa shape index (κ3) is 2.98. The first-order valence-electron chi connectivity index (χ1n) is 7.42. The summed E-state index contributed by atoms with van der Waals surface area (Å²) in [7, 11) is 0. The van der Waals surface area contributed by atoms with E-state index in [9.17, 15) is 14.7 Å². The van der Waals surface area contributed by atoms with Crippen LogP contribution in [0.2, 0.25) is 0 Å². The second-order valence-electron chi connectivity index (χ2n) is 6.07. The SMILES string of the molecule is CCC[C@](C)(NC(=O)c1cc2c(C)cc(C)cc2[nH]1)C(=O)O. The van der Waals surface area contributed by atoms with Crippen molar-refractivity contribution in [1.29, 1.82) is 0 Å². The zero-order valence-electron chi connectivity index (χ0n) is 13.4. The minimum absolute atomic E-state index is 0.381. The number of aromatic nitrogens is 1. The lowest BCUT2D eigenvalue weighted by Crippen LogP contribution is -2.52. The Morgan fingerprint density at radius 3 is 2.55 bits per heavy atom. The summed E-state index contributed by atoms with van der Waals surface area (Å²) in [5, 5.41) is 13.0. The molecule has 0 unspecified atom stereocenters. The number of hydrogen-bond acceptors (Lipinski definition) is 2. The number of carbonyl (C=O) groups excluding carboxylic acids is 1. The van der Waals surface area contributed by atoms with Gasteiger partial charge >= 0.3 is 5.97 Å². The number of nitrogens with one attached hydrogen (secondary N) is 2. The number of H-pyrrole nitrogens is 1. The lowest BCUT2D eigenvalue weighted by atomic mass is 9.96. The highest BCUT2D eigenvalue weighted by atomic mass is 16.4. The van der Waals surface area contributed by atoms with Gasteiger partial charge in [-0.3, -0.25) is 4.79 Å². The van der Waals surface area contributed by atoms with Gasteiger partial charge in [-0.2, -0.15) is 0 Å². The predicted octanol–water partition coefficient (Wildman–Crippen LogP) is 3.16. The first kappa shape index (κ1) is 16.1. The number of carbonyl (C=O) groups is 2. The molecule has 5 heteroatoms. The molecular weight excluding hydrogens is 280 g/mol. The molecule has 0 saturated heterocycles. The molecular formula is C17H22N2O3. The van der Waals surface area contributed by atoms with Gasteiger partial charge in [-0.05, 0) is 50.5 Å². The highest BCUT2D eigenvalue weighted by molar-refractivity contribution is 6.01. The van der Waals surface area contributed by atoms with Crippen LogP contribution in [0, 0.1) is 13.8 Å². The summed E-state index contributed by atoms with van der Waals surface area (Å²) in [5.41, 5.74) is 2.20. The topological polar surface area (TPSA) is 82.2 Å². The van der Waals surface area contributed by atoms with E-state index in [4.69, 9.17) is 0 Å². The molecule has 0 aliphatic rings. The number of carboxylic acid groups (broad SMARTS) is 1. The number of aliphatic carboxylic acids is 1. The molecule has 0 radical (unpaired) electrons. The number of amides is 1. The number of hydrogen-bond donors (Lipinski definition) is 3. The lowest BCUT2D eigenvalue weighted by Gasteiger charge is -2.25. The van der Waals surface area contributed by atoms with Gasteiger partial charge in [0.05, 0.1) is 0 Å². The fraction of sp³-hybridized carbons (Fsp3) is 0.412. The maximum absolute atomic E-state index is 12.4. The van der Waals surface area contributed by atoms with Crippen LogP contribution >= 0.6 is 0 Å². The van der Waals surface area contributed by atoms with E-state index in [1.165, 1.54) is 6.92 Å². The first-order chi connectivity index (χ1) is 10.3. The van der Waals surface area contributed by atoms with Crippen LogP contribution in [0.25, 0.3) is 10.9 Å². The van der Waals surface area contributed by atoms with Crippen molar-refractivity contribution >= 4 is 22.8 Å². The maximum atomic E-state index is 12.4. The Morgan fingerprint density at radius 2 is 1.95 bits per heavy atom. The van der Waals surface area contributed by atoms with Crippen LogP contribution in [0.3, 0.4) is 0 Å². The zero-order chi connectivity index (χ0) is 16.5. The largest absolute Gasteiger partial charge is 0.480 e. The van der Waals surface area contributed by atoms with E-state index in [-0.39, 0.29) is 0 Å². The first-order valence-corrected chi connectivity index (χ1v) is 7.42. The second-order valence-corrected chi connectivity index (χ2v) is 6.07. The molecule has 1 atom stereocenters. The van der Waals surface area contributed by atoms with Crippen LogP contribution in [0.1, 0.15) is 48.3 Å². The third-order valence-electron chi connectivity index (χ3n) is 3.95. The van der Waals surface area contributed by atoms with Crippen molar-refractivity contribution in [3.8, 4) is 0 Å². The minimum Gasteiger partial charge on any atom is -0.480 e. The predicted molar refractivity (Wildman–Crippen MR) is 86.2 cm³/mol. The summed E-state index contributed by atoms with van der Waals surface area (Å²) in [4.78, 5) is 26.9. The Labute approximate surface area is 129 Å². The van der Waals surface area contributed by atoms with Gasteiger partial charge in [0, 0.05) is 10.9 Å². The Balaban J connectivity index is 2.33. The van der Waals surface area contributed by atoms with Gasteiger partial charge in [-0.25, -0.2) is 4.79 Å². The van der Waals surface area contributed by atoms with Gasteiger partial charge in [-0.1, -0.05) is 19.4 Å². The number of benzene rings is 1. The fourth-order valence-corrected chi connectivity index (χ4v) is 2.76. The molecule has 0 aliphatic heterocycles. The second kappa shape index (κ2) is 5.83. The average Bonchev–Trinajstić information content (AvgIpc) is 2.82. The van der Waals surface area contributed by atoms with Crippen LogP contribution in [0.15, 0.2) is 18.2 Å². The number of carboxylic acids is 1. The highest BCUT2D eigenvalue weighted by Crippen LogP contribution is 2.22. The lowest BCUT2D eigenvalue weighted by molar-refractivity contribution is -0.144. The zero-order valence-corrected chi connectivity index (χ0v) is 13.4. The van der Waals surface area contributed by atoms with Crippen molar-refractivity contribution in [2.24, 2.45) is 0 Å². The molecule has 2 rings (SSSR count). The summed E-state index contributed by atoms with van der Waals surface area (Å²) < 4.78 is 0. The van der Waals surface area contributed by atoms with Crippen molar-refractivity contribution < 1.29 is 14.7 Å². The normalized spacial score (nSPS) is 13.8. The maximum Gasteiger partial charge on any atom is 0.329 e.